The zero-order valence-electron chi connectivity index (χ0n) is 8.82. The molecule has 2 rings (SSSR count). The maximum atomic E-state index is 12.0. The number of hydrogen-bond donors (Lipinski definition) is 1. The molecule has 0 saturated carbocycles. The van der Waals surface area contributed by atoms with E-state index in [2.05, 4.69) is 5.32 Å². The van der Waals surface area contributed by atoms with Crippen molar-refractivity contribution >= 4 is 21.4 Å². The van der Waals surface area contributed by atoms with Crippen LogP contribution in [0.3, 0.4) is 0 Å². The van der Waals surface area contributed by atoms with Crippen molar-refractivity contribution in [1.29, 1.82) is 0 Å². The van der Waals surface area contributed by atoms with Crippen LogP contribution in [0.15, 0.2) is 29.2 Å². The van der Waals surface area contributed by atoms with E-state index in [1.54, 1.807) is 24.3 Å². The lowest BCUT2D eigenvalue weighted by Crippen LogP contribution is -2.29. The van der Waals surface area contributed by atoms with Gasteiger partial charge in [-0.25, -0.2) is 8.42 Å². The third kappa shape index (κ3) is 2.75. The SMILES string of the molecule is O=S(=O)(CC1CCCN1)c1ccc(Cl)cc1. The molecule has 1 fully saturated rings. The molecular weight excluding hydrogens is 246 g/mol. The Labute approximate surface area is 101 Å². The average molecular weight is 260 g/mol. The molecule has 0 aromatic heterocycles. The van der Waals surface area contributed by atoms with Gasteiger partial charge >= 0.3 is 0 Å². The number of nitrogens with one attached hydrogen (secondary N) is 1. The predicted octanol–water partition coefficient (Wildman–Crippen LogP) is 1.87. The fraction of sp³-hybridized carbons (Fsp3) is 0.455. The van der Waals surface area contributed by atoms with Crippen molar-refractivity contribution in [3.8, 4) is 0 Å². The van der Waals surface area contributed by atoms with Gasteiger partial charge in [-0.2, -0.15) is 0 Å². The van der Waals surface area contributed by atoms with Gasteiger partial charge in [-0.15, -0.1) is 0 Å². The van der Waals surface area contributed by atoms with Gasteiger partial charge in [0, 0.05) is 11.1 Å². The van der Waals surface area contributed by atoms with Crippen molar-refractivity contribution in [2.75, 3.05) is 12.3 Å². The Hall–Kier alpha value is -0.580. The molecule has 1 atom stereocenters. The van der Waals surface area contributed by atoms with Crippen molar-refractivity contribution in [1.82, 2.24) is 5.32 Å². The molecule has 1 N–H and O–H groups in total. The normalized spacial score (nSPS) is 21.2. The Bertz CT molecular complexity index is 449. The van der Waals surface area contributed by atoms with Crippen LogP contribution in [0.4, 0.5) is 0 Å². The van der Waals surface area contributed by atoms with Gasteiger partial charge in [0.05, 0.1) is 10.6 Å². The molecule has 1 aliphatic heterocycles. The number of rotatable bonds is 3. The standard InChI is InChI=1S/C11H14ClNO2S/c12-9-3-5-11(6-4-9)16(14,15)8-10-2-1-7-13-10/h3-6,10,13H,1-2,7-8H2. The highest BCUT2D eigenvalue weighted by Gasteiger charge is 2.23. The van der Waals surface area contributed by atoms with Crippen molar-refractivity contribution in [3.63, 3.8) is 0 Å². The minimum atomic E-state index is -3.18. The summed E-state index contributed by atoms with van der Waals surface area (Å²) >= 11 is 5.72. The summed E-state index contributed by atoms with van der Waals surface area (Å²) in [6.45, 7) is 0.917. The molecule has 1 heterocycles. The van der Waals surface area contributed by atoms with Crippen molar-refractivity contribution in [2.24, 2.45) is 0 Å². The van der Waals surface area contributed by atoms with Gasteiger partial charge < -0.3 is 5.32 Å². The van der Waals surface area contributed by atoms with Crippen LogP contribution in [0.2, 0.25) is 5.02 Å². The summed E-state index contributed by atoms with van der Waals surface area (Å²) in [6, 6.07) is 6.44. The summed E-state index contributed by atoms with van der Waals surface area (Å²) < 4.78 is 24.0. The lowest BCUT2D eigenvalue weighted by molar-refractivity contribution is 0.577. The molecule has 88 valence electrons. The predicted molar refractivity (Wildman–Crippen MR) is 64.5 cm³/mol. The molecular formula is C11H14ClNO2S. The second kappa shape index (κ2) is 4.73. The van der Waals surface area contributed by atoms with Crippen molar-refractivity contribution in [3.05, 3.63) is 29.3 Å². The molecule has 1 aromatic rings. The van der Waals surface area contributed by atoms with Crippen LogP contribution in [0.5, 0.6) is 0 Å². The van der Waals surface area contributed by atoms with Crippen LogP contribution in [0, 0.1) is 0 Å². The van der Waals surface area contributed by atoms with E-state index in [0.29, 0.717) is 9.92 Å². The molecule has 0 spiro atoms. The van der Waals surface area contributed by atoms with Crippen LogP contribution >= 0.6 is 11.6 Å². The second-order valence-electron chi connectivity index (χ2n) is 4.03. The number of hydrogen-bond acceptors (Lipinski definition) is 3. The van der Waals surface area contributed by atoms with Gasteiger partial charge in [0.1, 0.15) is 0 Å². The van der Waals surface area contributed by atoms with Gasteiger partial charge in [0.2, 0.25) is 0 Å². The minimum Gasteiger partial charge on any atom is -0.313 e. The number of halogens is 1. The lowest BCUT2D eigenvalue weighted by Gasteiger charge is -2.10. The molecule has 5 heteroatoms. The van der Waals surface area contributed by atoms with Crippen molar-refractivity contribution < 1.29 is 8.42 Å². The average Bonchev–Trinajstić information content (AvgIpc) is 2.70. The van der Waals surface area contributed by atoms with E-state index in [9.17, 15) is 8.42 Å². The van der Waals surface area contributed by atoms with Crippen LogP contribution < -0.4 is 5.32 Å². The molecule has 3 nitrogen and oxygen atoms in total. The Morgan fingerprint density at radius 2 is 2.00 bits per heavy atom. The largest absolute Gasteiger partial charge is 0.313 e. The Morgan fingerprint density at radius 3 is 2.56 bits per heavy atom. The van der Waals surface area contributed by atoms with Gasteiger partial charge in [0.25, 0.3) is 0 Å². The summed E-state index contributed by atoms with van der Waals surface area (Å²) in [5.41, 5.74) is 0. The quantitative estimate of drug-likeness (QED) is 0.901. The number of sulfone groups is 1. The second-order valence-corrected chi connectivity index (χ2v) is 6.50. The highest BCUT2D eigenvalue weighted by Crippen LogP contribution is 2.18. The third-order valence-electron chi connectivity index (χ3n) is 2.76. The van der Waals surface area contributed by atoms with Gasteiger partial charge in [0.15, 0.2) is 9.84 Å². The fourth-order valence-electron chi connectivity index (χ4n) is 1.90. The highest BCUT2D eigenvalue weighted by molar-refractivity contribution is 7.91. The zero-order chi connectivity index (χ0) is 11.6. The zero-order valence-corrected chi connectivity index (χ0v) is 10.4. The summed E-state index contributed by atoms with van der Waals surface area (Å²) in [4.78, 5) is 0.352. The molecule has 16 heavy (non-hydrogen) atoms. The maximum Gasteiger partial charge on any atom is 0.179 e. The van der Waals surface area contributed by atoms with E-state index in [-0.39, 0.29) is 11.8 Å². The summed E-state index contributed by atoms with van der Waals surface area (Å²) in [5, 5.41) is 3.74. The summed E-state index contributed by atoms with van der Waals surface area (Å²) in [6.07, 6.45) is 1.99. The molecule has 1 saturated heterocycles. The van der Waals surface area contributed by atoms with Crippen LogP contribution in [0.1, 0.15) is 12.8 Å². The first kappa shape index (κ1) is 11.9. The Kier molecular flexibility index (Phi) is 3.52. The molecule has 0 amide bonds. The van der Waals surface area contributed by atoms with Crippen LogP contribution in [0.25, 0.3) is 0 Å². The monoisotopic (exact) mass is 259 g/mol. The molecule has 0 aliphatic carbocycles. The maximum absolute atomic E-state index is 12.0. The van der Waals surface area contributed by atoms with Gasteiger partial charge in [-0.1, -0.05) is 11.6 Å². The topological polar surface area (TPSA) is 46.2 Å². The summed E-state index contributed by atoms with van der Waals surface area (Å²) in [7, 11) is -3.18. The Balaban J connectivity index is 2.14. The Morgan fingerprint density at radius 1 is 1.31 bits per heavy atom. The molecule has 0 bridgehead atoms. The van der Waals surface area contributed by atoms with E-state index >= 15 is 0 Å². The first-order chi connectivity index (χ1) is 7.58. The van der Waals surface area contributed by atoms with Crippen LogP contribution in [-0.4, -0.2) is 26.8 Å². The number of benzene rings is 1. The molecule has 0 radical (unpaired) electrons. The first-order valence-corrected chi connectivity index (χ1v) is 7.33. The molecule has 1 aromatic carbocycles. The third-order valence-corrected chi connectivity index (χ3v) is 4.84. The lowest BCUT2D eigenvalue weighted by atomic mass is 10.3. The van der Waals surface area contributed by atoms with Crippen LogP contribution in [-0.2, 0) is 9.84 Å². The van der Waals surface area contributed by atoms with E-state index in [1.165, 1.54) is 0 Å². The van der Waals surface area contributed by atoms with E-state index in [0.717, 1.165) is 19.4 Å². The smallest absolute Gasteiger partial charge is 0.179 e. The van der Waals surface area contributed by atoms with Gasteiger partial charge in [-0.05, 0) is 43.7 Å². The van der Waals surface area contributed by atoms with Gasteiger partial charge in [-0.3, -0.25) is 0 Å². The minimum absolute atomic E-state index is 0.0979. The molecule has 1 unspecified atom stereocenters. The van der Waals surface area contributed by atoms with Crippen molar-refractivity contribution in [2.45, 2.75) is 23.8 Å². The fourth-order valence-corrected chi connectivity index (χ4v) is 3.59. The van der Waals surface area contributed by atoms with E-state index in [4.69, 9.17) is 11.6 Å². The highest BCUT2D eigenvalue weighted by atomic mass is 35.5. The van der Waals surface area contributed by atoms with E-state index in [1.807, 2.05) is 0 Å². The first-order valence-electron chi connectivity index (χ1n) is 5.30. The molecule has 1 aliphatic rings. The van der Waals surface area contributed by atoms with E-state index < -0.39 is 9.84 Å². The summed E-state index contributed by atoms with van der Waals surface area (Å²) in [5.74, 6) is 0.175.